The molecule has 1 saturated heterocycles. The van der Waals surface area contributed by atoms with E-state index in [-0.39, 0.29) is 24.1 Å². The van der Waals surface area contributed by atoms with Crippen molar-refractivity contribution in [2.75, 3.05) is 19.8 Å². The highest BCUT2D eigenvalue weighted by molar-refractivity contribution is 5.84. The highest BCUT2D eigenvalue weighted by Gasteiger charge is 2.40. The first-order valence-electron chi connectivity index (χ1n) is 12.5. The van der Waals surface area contributed by atoms with Gasteiger partial charge in [-0.15, -0.1) is 0 Å². The highest BCUT2D eigenvalue weighted by atomic mass is 16.6. The first-order chi connectivity index (χ1) is 17.7. The van der Waals surface area contributed by atoms with Gasteiger partial charge < -0.3 is 9.47 Å². The lowest BCUT2D eigenvalue weighted by Crippen LogP contribution is -2.56. The Morgan fingerprint density at radius 3 is 2.53 bits per heavy atom. The maximum atomic E-state index is 13.4. The summed E-state index contributed by atoms with van der Waals surface area (Å²) in [5.41, 5.74) is 8.44. The summed E-state index contributed by atoms with van der Waals surface area (Å²) < 4.78 is 13.7. The van der Waals surface area contributed by atoms with E-state index in [4.69, 9.17) is 9.47 Å². The summed E-state index contributed by atoms with van der Waals surface area (Å²) in [4.78, 5) is 15.3. The van der Waals surface area contributed by atoms with Crippen LogP contribution in [0.1, 0.15) is 29.0 Å². The Hall–Kier alpha value is -3.90. The second-order valence-corrected chi connectivity index (χ2v) is 9.91. The molecule has 7 rings (SSSR count). The molecule has 6 heteroatoms. The zero-order chi connectivity index (χ0) is 24.2. The van der Waals surface area contributed by atoms with Crippen molar-refractivity contribution in [1.82, 2.24) is 14.7 Å². The third-order valence-electron chi connectivity index (χ3n) is 7.87. The molecule has 2 unspecified atom stereocenters. The van der Waals surface area contributed by atoms with Crippen molar-refractivity contribution in [3.63, 3.8) is 0 Å². The van der Waals surface area contributed by atoms with Gasteiger partial charge in [0.25, 0.3) is 0 Å². The quantitative estimate of drug-likeness (QED) is 0.398. The van der Waals surface area contributed by atoms with E-state index in [0.29, 0.717) is 19.8 Å². The Morgan fingerprint density at radius 2 is 1.78 bits per heavy atom. The van der Waals surface area contributed by atoms with Crippen molar-refractivity contribution in [3.05, 3.63) is 95.7 Å². The van der Waals surface area contributed by atoms with Crippen molar-refractivity contribution >= 4 is 22.6 Å². The molecule has 0 N–H and O–H groups in total. The lowest BCUT2D eigenvalue weighted by Gasteiger charge is -2.44. The molecule has 6 nitrogen and oxygen atoms in total. The van der Waals surface area contributed by atoms with Crippen LogP contribution in [0.25, 0.3) is 27.6 Å². The van der Waals surface area contributed by atoms with Gasteiger partial charge >= 0.3 is 6.09 Å². The number of rotatable bonds is 3. The fourth-order valence-electron chi connectivity index (χ4n) is 6.11. The van der Waals surface area contributed by atoms with Crippen molar-refractivity contribution in [3.8, 4) is 11.1 Å². The van der Waals surface area contributed by atoms with Crippen LogP contribution in [0.15, 0.2) is 79.0 Å². The summed E-state index contributed by atoms with van der Waals surface area (Å²) >= 11 is 0. The molecule has 3 aliphatic rings. The summed E-state index contributed by atoms with van der Waals surface area (Å²) in [6.45, 7) is 1.33. The summed E-state index contributed by atoms with van der Waals surface area (Å²) in [7, 11) is 1.96. The fraction of sp³-hybridized carbons (Fsp3) is 0.267. The Kier molecular flexibility index (Phi) is 4.96. The average Bonchev–Trinajstić information content (AvgIpc) is 3.44. The topological polar surface area (TPSA) is 56.6 Å². The van der Waals surface area contributed by atoms with E-state index in [1.54, 1.807) is 0 Å². The van der Waals surface area contributed by atoms with Crippen LogP contribution < -0.4 is 0 Å². The normalized spacial score (nSPS) is 20.7. The Morgan fingerprint density at radius 1 is 1.03 bits per heavy atom. The minimum Gasteiger partial charge on any atom is -0.448 e. The SMILES string of the molecule is Cn1ncc2ccc(C3=CC4COCC(C3)N4C(=O)OCC3c4ccccc4-c4ccccc43)cc21. The van der Waals surface area contributed by atoms with E-state index in [2.05, 4.69) is 77.9 Å². The fourth-order valence-corrected chi connectivity index (χ4v) is 6.11. The molecule has 3 aromatic carbocycles. The molecule has 1 aliphatic carbocycles. The van der Waals surface area contributed by atoms with Crippen molar-refractivity contribution < 1.29 is 14.3 Å². The number of ether oxygens (including phenoxy) is 2. The number of carbonyl (C=O) groups excluding carboxylic acids is 1. The van der Waals surface area contributed by atoms with Crippen LogP contribution in [0.5, 0.6) is 0 Å². The monoisotopic (exact) mass is 477 g/mol. The van der Waals surface area contributed by atoms with Crippen LogP contribution in [0.2, 0.25) is 0 Å². The van der Waals surface area contributed by atoms with Gasteiger partial charge in [0.05, 0.1) is 37.0 Å². The van der Waals surface area contributed by atoms with Crippen LogP contribution in [0.3, 0.4) is 0 Å². The number of aryl methyl sites for hydroxylation is 1. The van der Waals surface area contributed by atoms with E-state index in [0.717, 1.165) is 17.3 Å². The lowest BCUT2D eigenvalue weighted by molar-refractivity contribution is -0.0331. The molecule has 36 heavy (non-hydrogen) atoms. The van der Waals surface area contributed by atoms with Crippen molar-refractivity contribution in [2.45, 2.75) is 24.4 Å². The third kappa shape index (κ3) is 3.36. The molecule has 3 heterocycles. The minimum absolute atomic E-state index is 0.0402. The van der Waals surface area contributed by atoms with Gasteiger partial charge in [-0.25, -0.2) is 4.79 Å². The molecule has 0 spiro atoms. The molecule has 1 aromatic heterocycles. The molecule has 0 saturated carbocycles. The average molecular weight is 478 g/mol. The summed E-state index contributed by atoms with van der Waals surface area (Å²) in [6.07, 6.45) is 4.54. The number of morpholine rings is 1. The van der Waals surface area contributed by atoms with Crippen LogP contribution >= 0.6 is 0 Å². The van der Waals surface area contributed by atoms with Crippen molar-refractivity contribution in [1.29, 1.82) is 0 Å². The van der Waals surface area contributed by atoms with Crippen molar-refractivity contribution in [2.24, 2.45) is 7.05 Å². The number of benzene rings is 3. The molecule has 2 bridgehead atoms. The van der Waals surface area contributed by atoms with Crippen LogP contribution in [-0.2, 0) is 16.5 Å². The van der Waals surface area contributed by atoms with Gasteiger partial charge in [-0.2, -0.15) is 5.10 Å². The second kappa shape index (κ2) is 8.35. The van der Waals surface area contributed by atoms with Crippen LogP contribution in [-0.4, -0.2) is 52.7 Å². The van der Waals surface area contributed by atoms with E-state index in [1.807, 2.05) is 22.8 Å². The predicted octanol–water partition coefficient (Wildman–Crippen LogP) is 5.38. The highest BCUT2D eigenvalue weighted by Crippen LogP contribution is 2.44. The number of amides is 1. The van der Waals surface area contributed by atoms with Gasteiger partial charge in [0, 0.05) is 18.4 Å². The molecular weight excluding hydrogens is 450 g/mol. The second-order valence-electron chi connectivity index (χ2n) is 9.91. The smallest absolute Gasteiger partial charge is 0.410 e. The third-order valence-corrected chi connectivity index (χ3v) is 7.87. The van der Waals surface area contributed by atoms with E-state index in [9.17, 15) is 4.79 Å². The first-order valence-corrected chi connectivity index (χ1v) is 12.5. The van der Waals surface area contributed by atoms with Crippen LogP contribution in [0, 0.1) is 0 Å². The van der Waals surface area contributed by atoms with Gasteiger partial charge in [-0.3, -0.25) is 9.58 Å². The standard InChI is InChI=1S/C30H27N3O3/c1-32-29-14-19(10-11-20(29)15-31-32)21-12-22-16-35-17-23(13-21)33(22)30(34)36-18-28-26-8-4-2-6-24(26)25-7-3-5-9-27(25)28/h2-12,14-15,22-23,28H,13,16-18H2,1H3. The number of carbonyl (C=O) groups is 1. The van der Waals surface area contributed by atoms with E-state index >= 15 is 0 Å². The molecule has 1 fully saturated rings. The van der Waals surface area contributed by atoms with E-state index in [1.165, 1.54) is 33.4 Å². The number of hydrogen-bond acceptors (Lipinski definition) is 4. The maximum Gasteiger partial charge on any atom is 0.410 e. The number of nitrogens with zero attached hydrogens (tertiary/aromatic N) is 3. The van der Waals surface area contributed by atoms with Gasteiger partial charge in [0.1, 0.15) is 6.61 Å². The molecular formula is C30H27N3O3. The first kappa shape index (κ1) is 21.4. The number of aromatic nitrogens is 2. The minimum atomic E-state index is -0.257. The largest absolute Gasteiger partial charge is 0.448 e. The van der Waals surface area contributed by atoms with E-state index < -0.39 is 0 Å². The summed E-state index contributed by atoms with van der Waals surface area (Å²) in [5.74, 6) is 0.0546. The van der Waals surface area contributed by atoms with Crippen LogP contribution in [0.4, 0.5) is 4.79 Å². The van der Waals surface area contributed by atoms with Gasteiger partial charge in [-0.1, -0.05) is 66.7 Å². The molecule has 180 valence electrons. The zero-order valence-corrected chi connectivity index (χ0v) is 20.1. The van der Waals surface area contributed by atoms with Gasteiger partial charge in [-0.05, 0) is 45.9 Å². The number of hydrogen-bond donors (Lipinski definition) is 0. The Bertz CT molecular complexity index is 1480. The summed E-state index contributed by atoms with van der Waals surface area (Å²) in [5, 5.41) is 5.49. The molecule has 2 atom stereocenters. The molecule has 1 amide bonds. The molecule has 2 aliphatic heterocycles. The molecule has 0 radical (unpaired) electrons. The zero-order valence-electron chi connectivity index (χ0n) is 20.1. The lowest BCUT2D eigenvalue weighted by atomic mass is 9.90. The summed E-state index contributed by atoms with van der Waals surface area (Å²) in [6, 6.07) is 23.1. The number of fused-ring (bicyclic) bond motifs is 6. The Labute approximate surface area is 209 Å². The Balaban J connectivity index is 1.13. The van der Waals surface area contributed by atoms with Gasteiger partial charge in [0.15, 0.2) is 0 Å². The maximum absolute atomic E-state index is 13.4. The molecule has 4 aromatic rings. The van der Waals surface area contributed by atoms with Gasteiger partial charge in [0.2, 0.25) is 0 Å². The predicted molar refractivity (Wildman–Crippen MR) is 139 cm³/mol.